The van der Waals surface area contributed by atoms with Crippen LogP contribution in [0.2, 0.25) is 5.02 Å². The van der Waals surface area contributed by atoms with Gasteiger partial charge in [-0.15, -0.1) is 0 Å². The molecule has 1 amide bonds. The van der Waals surface area contributed by atoms with Gasteiger partial charge < -0.3 is 14.6 Å². The van der Waals surface area contributed by atoms with E-state index in [-0.39, 0.29) is 12.0 Å². The van der Waals surface area contributed by atoms with Crippen molar-refractivity contribution in [1.82, 2.24) is 9.88 Å². The summed E-state index contributed by atoms with van der Waals surface area (Å²) < 4.78 is 5.52. The normalized spacial score (nSPS) is 21.8. The first kappa shape index (κ1) is 13.2. The molecule has 21 heavy (non-hydrogen) atoms. The number of aromatic amines is 1. The number of nitrogens with zero attached hydrogens (tertiary/aromatic N) is 1. The molecule has 5 heteroatoms. The van der Waals surface area contributed by atoms with Crippen LogP contribution in [0.3, 0.4) is 0 Å². The van der Waals surface area contributed by atoms with Crippen LogP contribution < -0.4 is 0 Å². The Hall–Kier alpha value is -1.52. The Kier molecular flexibility index (Phi) is 3.16. The largest absolute Gasteiger partial charge is 0.368 e. The SMILES string of the molecule is O=C(C1CCCO1)N1CCc2[nH]c3ccc(Cl)cc3c2C1. The molecule has 0 aliphatic carbocycles. The predicted molar refractivity (Wildman–Crippen MR) is 81.4 cm³/mol. The lowest BCUT2D eigenvalue weighted by molar-refractivity contribution is -0.141. The summed E-state index contributed by atoms with van der Waals surface area (Å²) in [5.41, 5.74) is 3.52. The van der Waals surface area contributed by atoms with E-state index in [1.807, 2.05) is 23.1 Å². The Morgan fingerprint density at radius 2 is 2.33 bits per heavy atom. The lowest BCUT2D eigenvalue weighted by atomic mass is 10.0. The van der Waals surface area contributed by atoms with Crippen molar-refractivity contribution in [3.05, 3.63) is 34.5 Å². The molecule has 3 heterocycles. The van der Waals surface area contributed by atoms with Gasteiger partial charge in [-0.25, -0.2) is 0 Å². The smallest absolute Gasteiger partial charge is 0.252 e. The number of ether oxygens (including phenoxy) is 1. The number of carbonyl (C=O) groups excluding carboxylic acids is 1. The molecule has 0 saturated carbocycles. The fraction of sp³-hybridized carbons (Fsp3) is 0.438. The van der Waals surface area contributed by atoms with Gasteiger partial charge in [-0.2, -0.15) is 0 Å². The highest BCUT2D eigenvalue weighted by molar-refractivity contribution is 6.31. The molecule has 1 fully saturated rings. The summed E-state index contributed by atoms with van der Waals surface area (Å²) in [4.78, 5) is 17.9. The average molecular weight is 305 g/mol. The second-order valence-electron chi connectivity index (χ2n) is 5.78. The van der Waals surface area contributed by atoms with Gasteiger partial charge in [-0.05, 0) is 31.0 Å². The van der Waals surface area contributed by atoms with Crippen molar-refractivity contribution in [2.75, 3.05) is 13.2 Å². The van der Waals surface area contributed by atoms with Gasteiger partial charge in [-0.1, -0.05) is 11.6 Å². The molecule has 110 valence electrons. The summed E-state index contributed by atoms with van der Waals surface area (Å²) >= 11 is 6.11. The molecule has 1 aromatic heterocycles. The minimum Gasteiger partial charge on any atom is -0.368 e. The number of halogens is 1. The van der Waals surface area contributed by atoms with E-state index in [1.165, 1.54) is 11.3 Å². The Labute approximate surface area is 128 Å². The number of H-pyrrole nitrogens is 1. The molecule has 2 aliphatic heterocycles. The topological polar surface area (TPSA) is 45.3 Å². The maximum Gasteiger partial charge on any atom is 0.252 e. The van der Waals surface area contributed by atoms with E-state index in [4.69, 9.17) is 16.3 Å². The zero-order chi connectivity index (χ0) is 14.4. The minimum absolute atomic E-state index is 0.134. The molecule has 0 radical (unpaired) electrons. The van der Waals surface area contributed by atoms with Crippen LogP contribution >= 0.6 is 11.6 Å². The number of hydrogen-bond donors (Lipinski definition) is 1. The van der Waals surface area contributed by atoms with Gasteiger partial charge in [0.15, 0.2) is 0 Å². The lowest BCUT2D eigenvalue weighted by Crippen LogP contribution is -2.41. The van der Waals surface area contributed by atoms with Crippen LogP contribution in [0.4, 0.5) is 0 Å². The van der Waals surface area contributed by atoms with Crippen molar-refractivity contribution < 1.29 is 9.53 Å². The molecule has 4 rings (SSSR count). The van der Waals surface area contributed by atoms with Crippen molar-refractivity contribution >= 4 is 28.4 Å². The van der Waals surface area contributed by atoms with Crippen LogP contribution in [0.15, 0.2) is 18.2 Å². The van der Waals surface area contributed by atoms with Gasteiger partial charge in [0.2, 0.25) is 0 Å². The molecule has 1 aromatic carbocycles. The van der Waals surface area contributed by atoms with Gasteiger partial charge in [-0.3, -0.25) is 4.79 Å². The summed E-state index contributed by atoms with van der Waals surface area (Å²) in [6.07, 6.45) is 2.46. The summed E-state index contributed by atoms with van der Waals surface area (Å²) in [6, 6.07) is 5.87. The molecule has 1 atom stereocenters. The fourth-order valence-corrected chi connectivity index (χ4v) is 3.52. The lowest BCUT2D eigenvalue weighted by Gasteiger charge is -2.29. The molecule has 1 unspecified atom stereocenters. The maximum absolute atomic E-state index is 12.5. The molecule has 0 spiro atoms. The number of carbonyl (C=O) groups is 1. The Morgan fingerprint density at radius 3 is 3.14 bits per heavy atom. The molecule has 2 aliphatic rings. The number of hydrogen-bond acceptors (Lipinski definition) is 2. The van der Waals surface area contributed by atoms with E-state index in [2.05, 4.69) is 4.98 Å². The van der Waals surface area contributed by atoms with Gasteiger partial charge in [0.05, 0.1) is 0 Å². The van der Waals surface area contributed by atoms with Crippen LogP contribution in [-0.2, 0) is 22.5 Å². The quantitative estimate of drug-likeness (QED) is 0.880. The van der Waals surface area contributed by atoms with Gasteiger partial charge in [0, 0.05) is 53.3 Å². The molecule has 1 saturated heterocycles. The van der Waals surface area contributed by atoms with Crippen molar-refractivity contribution in [3.8, 4) is 0 Å². The van der Waals surface area contributed by atoms with E-state index < -0.39 is 0 Å². The molecular weight excluding hydrogens is 288 g/mol. The van der Waals surface area contributed by atoms with E-state index in [0.717, 1.165) is 41.7 Å². The zero-order valence-electron chi connectivity index (χ0n) is 11.7. The Bertz CT molecular complexity index is 704. The van der Waals surface area contributed by atoms with Gasteiger partial charge >= 0.3 is 0 Å². The second kappa shape index (κ2) is 5.04. The number of amides is 1. The first-order valence-electron chi connectivity index (χ1n) is 7.42. The number of aromatic nitrogens is 1. The highest BCUT2D eigenvalue weighted by atomic mass is 35.5. The number of fused-ring (bicyclic) bond motifs is 3. The molecule has 2 aromatic rings. The van der Waals surface area contributed by atoms with Crippen LogP contribution in [0.5, 0.6) is 0 Å². The Balaban J connectivity index is 1.65. The number of rotatable bonds is 1. The zero-order valence-corrected chi connectivity index (χ0v) is 12.4. The van der Waals surface area contributed by atoms with Crippen molar-refractivity contribution in [1.29, 1.82) is 0 Å². The summed E-state index contributed by atoms with van der Waals surface area (Å²) in [5.74, 6) is 0.134. The maximum atomic E-state index is 12.5. The standard InChI is InChI=1S/C16H17ClN2O2/c17-10-3-4-13-11(8-10)12-9-19(6-5-14(12)18-13)16(20)15-2-1-7-21-15/h3-4,8,15,18H,1-2,5-7,9H2. The summed E-state index contributed by atoms with van der Waals surface area (Å²) in [7, 11) is 0. The van der Waals surface area contributed by atoms with Crippen LogP contribution in [0, 0.1) is 0 Å². The number of benzene rings is 1. The van der Waals surface area contributed by atoms with Crippen LogP contribution in [0.25, 0.3) is 10.9 Å². The molecular formula is C16H17ClN2O2. The Morgan fingerprint density at radius 1 is 1.43 bits per heavy atom. The predicted octanol–water partition coefficient (Wildman–Crippen LogP) is 2.89. The van der Waals surface area contributed by atoms with Crippen molar-refractivity contribution in [2.24, 2.45) is 0 Å². The van der Waals surface area contributed by atoms with E-state index in [1.54, 1.807) is 0 Å². The monoisotopic (exact) mass is 304 g/mol. The van der Waals surface area contributed by atoms with Gasteiger partial charge in [0.1, 0.15) is 6.10 Å². The van der Waals surface area contributed by atoms with Gasteiger partial charge in [0.25, 0.3) is 5.91 Å². The third-order valence-electron chi connectivity index (χ3n) is 4.45. The van der Waals surface area contributed by atoms with Crippen molar-refractivity contribution in [3.63, 3.8) is 0 Å². The average Bonchev–Trinajstić information content (AvgIpc) is 3.13. The van der Waals surface area contributed by atoms with Crippen LogP contribution in [-0.4, -0.2) is 35.0 Å². The third-order valence-corrected chi connectivity index (χ3v) is 4.69. The minimum atomic E-state index is -0.236. The summed E-state index contributed by atoms with van der Waals surface area (Å²) in [5, 5.41) is 1.86. The van der Waals surface area contributed by atoms with E-state index in [0.29, 0.717) is 13.2 Å². The third kappa shape index (κ3) is 2.23. The first-order chi connectivity index (χ1) is 10.2. The highest BCUT2D eigenvalue weighted by Gasteiger charge is 2.31. The number of nitrogens with one attached hydrogen (secondary N) is 1. The molecule has 1 N–H and O–H groups in total. The molecule has 0 bridgehead atoms. The van der Waals surface area contributed by atoms with E-state index >= 15 is 0 Å². The van der Waals surface area contributed by atoms with E-state index in [9.17, 15) is 4.79 Å². The molecule has 4 nitrogen and oxygen atoms in total. The van der Waals surface area contributed by atoms with Crippen LogP contribution in [0.1, 0.15) is 24.1 Å². The highest BCUT2D eigenvalue weighted by Crippen LogP contribution is 2.30. The summed E-state index contributed by atoms with van der Waals surface area (Å²) in [6.45, 7) is 2.11. The first-order valence-corrected chi connectivity index (χ1v) is 7.79. The second-order valence-corrected chi connectivity index (χ2v) is 6.22. The van der Waals surface area contributed by atoms with Crippen molar-refractivity contribution in [2.45, 2.75) is 31.9 Å². The fourth-order valence-electron chi connectivity index (χ4n) is 3.35.